The van der Waals surface area contributed by atoms with Gasteiger partial charge in [0.15, 0.2) is 5.52 Å². The number of aromatic nitrogens is 4. The summed E-state index contributed by atoms with van der Waals surface area (Å²) in [5.41, 5.74) is -0.985. The molecular formula is C12H9N5O5. The molecule has 3 aromatic rings. The van der Waals surface area contributed by atoms with Gasteiger partial charge in [-0.15, -0.1) is 5.10 Å². The number of nitrogens with zero attached hydrogens (tertiary/aromatic N) is 5. The number of aromatic carboxylic acids is 1. The van der Waals surface area contributed by atoms with Crippen molar-refractivity contribution in [2.75, 3.05) is 0 Å². The van der Waals surface area contributed by atoms with Gasteiger partial charge in [-0.25, -0.2) is 9.48 Å². The van der Waals surface area contributed by atoms with Crippen molar-refractivity contribution in [2.45, 2.75) is 0 Å². The number of hydrogen-bond acceptors (Lipinski definition) is 6. The fourth-order valence-corrected chi connectivity index (χ4v) is 2.49. The number of nitro groups is 1. The average Bonchev–Trinajstić information content (AvgIpc) is 2.83. The van der Waals surface area contributed by atoms with Gasteiger partial charge in [-0.1, -0.05) is 5.21 Å². The van der Waals surface area contributed by atoms with Gasteiger partial charge in [0.05, 0.1) is 15.8 Å². The monoisotopic (exact) mass is 303 g/mol. The highest BCUT2D eigenvalue weighted by molar-refractivity contribution is 6.07. The molecule has 0 fully saturated rings. The lowest BCUT2D eigenvalue weighted by Gasteiger charge is -2.07. The van der Waals surface area contributed by atoms with E-state index < -0.39 is 21.9 Å². The number of hydrogen-bond donors (Lipinski definition) is 1. The normalized spacial score (nSPS) is 11.2. The fourth-order valence-electron chi connectivity index (χ4n) is 2.49. The number of fused-ring (bicyclic) bond motifs is 3. The van der Waals surface area contributed by atoms with Crippen molar-refractivity contribution in [3.05, 3.63) is 38.2 Å². The number of carbonyl (C=O) groups is 1. The van der Waals surface area contributed by atoms with E-state index in [9.17, 15) is 19.7 Å². The summed E-state index contributed by atoms with van der Waals surface area (Å²) in [6.07, 6.45) is 1.16. The number of carboxylic acids is 1. The van der Waals surface area contributed by atoms with Gasteiger partial charge in [-0.05, 0) is 0 Å². The van der Waals surface area contributed by atoms with E-state index in [4.69, 9.17) is 5.11 Å². The first-order chi connectivity index (χ1) is 10.3. The summed E-state index contributed by atoms with van der Waals surface area (Å²) in [5.74, 6) is -1.40. The Labute approximate surface area is 121 Å². The first kappa shape index (κ1) is 13.7. The summed E-state index contributed by atoms with van der Waals surface area (Å²) in [7, 11) is 3.03. The minimum absolute atomic E-state index is 0.0814. The third-order valence-electron chi connectivity index (χ3n) is 3.42. The molecule has 1 N–H and O–H groups in total. The first-order valence-electron chi connectivity index (χ1n) is 6.06. The molecule has 10 heteroatoms. The summed E-state index contributed by atoms with van der Waals surface area (Å²) in [5, 5.41) is 27.8. The Kier molecular flexibility index (Phi) is 2.70. The van der Waals surface area contributed by atoms with E-state index in [2.05, 4.69) is 10.3 Å². The summed E-state index contributed by atoms with van der Waals surface area (Å²) in [6.45, 7) is 0. The second-order valence-corrected chi connectivity index (χ2v) is 4.75. The topological polar surface area (TPSA) is 133 Å². The van der Waals surface area contributed by atoms with Crippen LogP contribution in [0.5, 0.6) is 0 Å². The Morgan fingerprint density at radius 2 is 2.05 bits per heavy atom. The molecule has 0 saturated carbocycles. The molecule has 0 radical (unpaired) electrons. The highest BCUT2D eigenvalue weighted by atomic mass is 16.6. The van der Waals surface area contributed by atoms with E-state index >= 15 is 0 Å². The molecule has 0 atom stereocenters. The number of rotatable bonds is 2. The van der Waals surface area contributed by atoms with Crippen LogP contribution in [-0.4, -0.2) is 35.6 Å². The quantitative estimate of drug-likeness (QED) is 0.535. The molecule has 1 aromatic carbocycles. The zero-order valence-electron chi connectivity index (χ0n) is 11.5. The largest absolute Gasteiger partial charge is 0.477 e. The van der Waals surface area contributed by atoms with Crippen LogP contribution < -0.4 is 5.43 Å². The van der Waals surface area contributed by atoms with E-state index in [0.29, 0.717) is 5.52 Å². The van der Waals surface area contributed by atoms with Gasteiger partial charge in [0.2, 0.25) is 5.43 Å². The van der Waals surface area contributed by atoms with Crippen molar-refractivity contribution < 1.29 is 14.8 Å². The van der Waals surface area contributed by atoms with Crippen LogP contribution in [-0.2, 0) is 14.1 Å². The van der Waals surface area contributed by atoms with Crippen LogP contribution in [0, 0.1) is 10.1 Å². The summed E-state index contributed by atoms with van der Waals surface area (Å²) in [4.78, 5) is 34.0. The zero-order valence-corrected chi connectivity index (χ0v) is 11.5. The molecule has 2 aromatic heterocycles. The third-order valence-corrected chi connectivity index (χ3v) is 3.42. The van der Waals surface area contributed by atoms with E-state index in [-0.39, 0.29) is 22.1 Å². The molecule has 22 heavy (non-hydrogen) atoms. The van der Waals surface area contributed by atoms with Gasteiger partial charge in [-0.3, -0.25) is 14.9 Å². The summed E-state index contributed by atoms with van der Waals surface area (Å²) < 4.78 is 2.64. The molecule has 0 aliphatic heterocycles. The second-order valence-electron chi connectivity index (χ2n) is 4.75. The molecule has 0 bridgehead atoms. The van der Waals surface area contributed by atoms with Crippen molar-refractivity contribution in [3.63, 3.8) is 0 Å². The molecule has 2 heterocycles. The Hall–Kier alpha value is -3.30. The third kappa shape index (κ3) is 1.67. The van der Waals surface area contributed by atoms with Gasteiger partial charge < -0.3 is 9.67 Å². The molecule has 0 unspecified atom stereocenters. The lowest BCUT2D eigenvalue weighted by atomic mass is 10.1. The van der Waals surface area contributed by atoms with E-state index in [1.807, 2.05) is 0 Å². The van der Waals surface area contributed by atoms with Crippen LogP contribution in [0.3, 0.4) is 0 Å². The molecule has 0 spiro atoms. The van der Waals surface area contributed by atoms with Gasteiger partial charge in [0.25, 0.3) is 5.69 Å². The van der Waals surface area contributed by atoms with Crippen LogP contribution in [0.15, 0.2) is 17.1 Å². The van der Waals surface area contributed by atoms with Gasteiger partial charge in [0, 0.05) is 26.4 Å². The number of aryl methyl sites for hydroxylation is 2. The van der Waals surface area contributed by atoms with Crippen LogP contribution in [0.4, 0.5) is 5.69 Å². The Morgan fingerprint density at radius 1 is 1.36 bits per heavy atom. The lowest BCUT2D eigenvalue weighted by Crippen LogP contribution is -2.18. The van der Waals surface area contributed by atoms with Crippen molar-refractivity contribution in [3.8, 4) is 0 Å². The predicted octanol–water partition coefficient (Wildman–Crippen LogP) is 0.427. The molecule has 0 amide bonds. The minimum atomic E-state index is -1.40. The average molecular weight is 303 g/mol. The molecule has 3 rings (SSSR count). The van der Waals surface area contributed by atoms with E-state index in [0.717, 1.165) is 12.3 Å². The van der Waals surface area contributed by atoms with Crippen molar-refractivity contribution in [1.82, 2.24) is 19.6 Å². The van der Waals surface area contributed by atoms with Crippen molar-refractivity contribution in [1.29, 1.82) is 0 Å². The van der Waals surface area contributed by atoms with Gasteiger partial charge in [-0.2, -0.15) is 0 Å². The van der Waals surface area contributed by atoms with Crippen LogP contribution in [0.1, 0.15) is 10.4 Å². The molecule has 10 nitrogen and oxygen atoms in total. The number of non-ortho nitro benzene ring substituents is 1. The summed E-state index contributed by atoms with van der Waals surface area (Å²) >= 11 is 0. The number of benzene rings is 1. The molecule has 0 aliphatic rings. The van der Waals surface area contributed by atoms with Crippen LogP contribution in [0.2, 0.25) is 0 Å². The van der Waals surface area contributed by atoms with Gasteiger partial charge >= 0.3 is 5.97 Å². The Bertz CT molecular complexity index is 1030. The maximum atomic E-state index is 12.3. The molecule has 0 aliphatic carbocycles. The highest BCUT2D eigenvalue weighted by Crippen LogP contribution is 2.30. The SMILES string of the molecule is Cn1cc(C(=O)O)c(=O)c2cc([N+](=O)[O-])c3c(nnn3C)c21. The first-order valence-corrected chi connectivity index (χ1v) is 6.06. The lowest BCUT2D eigenvalue weighted by molar-refractivity contribution is -0.383. The molecule has 112 valence electrons. The van der Waals surface area contributed by atoms with Crippen LogP contribution >= 0.6 is 0 Å². The maximum absolute atomic E-state index is 12.3. The minimum Gasteiger partial charge on any atom is -0.477 e. The predicted molar refractivity (Wildman–Crippen MR) is 74.9 cm³/mol. The fraction of sp³-hybridized carbons (Fsp3) is 0.167. The summed E-state index contributed by atoms with van der Waals surface area (Å²) in [6, 6.07) is 1.07. The number of nitro benzene ring substituents is 1. The zero-order chi connectivity index (χ0) is 16.2. The highest BCUT2D eigenvalue weighted by Gasteiger charge is 2.24. The second kappa shape index (κ2) is 4.35. The van der Waals surface area contributed by atoms with E-state index in [1.165, 1.54) is 23.3 Å². The molecule has 0 saturated heterocycles. The smallest absolute Gasteiger partial charge is 0.341 e. The number of carboxylic acid groups (broad SMARTS) is 1. The van der Waals surface area contributed by atoms with E-state index in [1.54, 1.807) is 0 Å². The Morgan fingerprint density at radius 3 is 2.64 bits per heavy atom. The maximum Gasteiger partial charge on any atom is 0.341 e. The molecular weight excluding hydrogens is 294 g/mol. The van der Waals surface area contributed by atoms with Crippen molar-refractivity contribution >= 4 is 33.6 Å². The van der Waals surface area contributed by atoms with Crippen LogP contribution in [0.25, 0.3) is 21.9 Å². The number of pyridine rings is 1. The van der Waals surface area contributed by atoms with Gasteiger partial charge in [0.1, 0.15) is 11.1 Å². The van der Waals surface area contributed by atoms with Crippen molar-refractivity contribution in [2.24, 2.45) is 14.1 Å². The standard InChI is InChI=1S/C12H9N5O5/c1-15-4-6(12(19)20)11(18)5-3-7(17(21)22)10-8(9(5)15)13-14-16(10)2/h3-4H,1-2H3,(H,19,20). The Balaban J connectivity index is 2.66.